The van der Waals surface area contributed by atoms with Crippen molar-refractivity contribution < 1.29 is 5.11 Å². The van der Waals surface area contributed by atoms with E-state index in [1.54, 1.807) is 0 Å². The Hall–Kier alpha value is -3.08. The third-order valence-electron chi connectivity index (χ3n) is 3.61. The number of nitrogens with zero attached hydrogens (tertiary/aromatic N) is 2. The Labute approximate surface area is 132 Å². The van der Waals surface area contributed by atoms with Gasteiger partial charge in [0.25, 0.3) is 5.56 Å². The molecule has 0 bridgehead atoms. The lowest BCUT2D eigenvalue weighted by atomic mass is 10.2. The zero-order valence-corrected chi connectivity index (χ0v) is 12.4. The van der Waals surface area contributed by atoms with E-state index in [2.05, 4.69) is 0 Å². The number of hydrogen-bond acceptors (Lipinski definition) is 3. The van der Waals surface area contributed by atoms with E-state index in [0.717, 1.165) is 26.3 Å². The molecule has 3 aromatic rings. The summed E-state index contributed by atoms with van der Waals surface area (Å²) in [5.74, 6) is -0.576. The highest BCUT2D eigenvalue weighted by Crippen LogP contribution is 2.05. The summed E-state index contributed by atoms with van der Waals surface area (Å²) < 4.78 is 2.17. The highest BCUT2D eigenvalue weighted by Gasteiger charge is 2.08. The van der Waals surface area contributed by atoms with Crippen LogP contribution in [0.2, 0.25) is 0 Å². The molecule has 2 aromatic carbocycles. The van der Waals surface area contributed by atoms with E-state index >= 15 is 0 Å². The minimum absolute atomic E-state index is 0.146. The molecule has 116 valence electrons. The lowest BCUT2D eigenvalue weighted by Crippen LogP contribution is -2.41. The standard InChI is InChI=1S/C18H16N2O3/c21-16-11-17(22)20(13-15-9-5-2-6-10-15)18(23)19(16)12-14-7-3-1-4-8-14/h1-11,21H,12-13H2/p-1. The number of aromatic nitrogens is 2. The minimum atomic E-state index is -0.588. The molecule has 3 rings (SSSR count). The Balaban J connectivity index is 2.03. The van der Waals surface area contributed by atoms with E-state index in [0.29, 0.717) is 0 Å². The summed E-state index contributed by atoms with van der Waals surface area (Å²) in [7, 11) is 0. The highest BCUT2D eigenvalue weighted by atomic mass is 16.3. The Kier molecular flexibility index (Phi) is 4.10. The second kappa shape index (κ2) is 6.36. The van der Waals surface area contributed by atoms with Gasteiger partial charge in [-0.15, -0.1) is 0 Å². The Morgan fingerprint density at radius 3 is 1.74 bits per heavy atom. The lowest BCUT2D eigenvalue weighted by molar-refractivity contribution is -0.280. The van der Waals surface area contributed by atoms with E-state index in [1.807, 2.05) is 60.7 Å². The summed E-state index contributed by atoms with van der Waals surface area (Å²) in [5.41, 5.74) is 0.497. The van der Waals surface area contributed by atoms with Crippen LogP contribution in [0, 0.1) is 0 Å². The van der Waals surface area contributed by atoms with E-state index < -0.39 is 17.1 Å². The quantitative estimate of drug-likeness (QED) is 0.727. The molecule has 1 heterocycles. The maximum atomic E-state index is 12.5. The molecule has 0 aliphatic rings. The normalized spacial score (nSPS) is 10.6. The molecule has 0 N–H and O–H groups in total. The molecule has 0 aliphatic heterocycles. The van der Waals surface area contributed by atoms with Crippen molar-refractivity contribution >= 4 is 0 Å². The molecule has 0 unspecified atom stereocenters. The fourth-order valence-electron chi connectivity index (χ4n) is 2.42. The van der Waals surface area contributed by atoms with Crippen LogP contribution in [0.3, 0.4) is 0 Å². The lowest BCUT2D eigenvalue weighted by Gasteiger charge is -2.18. The molecular formula is C18H15N2O3-. The average molecular weight is 307 g/mol. The molecule has 5 nitrogen and oxygen atoms in total. The maximum absolute atomic E-state index is 12.5. The molecule has 23 heavy (non-hydrogen) atoms. The van der Waals surface area contributed by atoms with Crippen molar-refractivity contribution in [1.29, 1.82) is 0 Å². The number of rotatable bonds is 4. The number of hydrogen-bond donors (Lipinski definition) is 0. The second-order valence-corrected chi connectivity index (χ2v) is 5.25. The predicted molar refractivity (Wildman–Crippen MR) is 85.5 cm³/mol. The van der Waals surface area contributed by atoms with E-state index in [-0.39, 0.29) is 13.1 Å². The van der Waals surface area contributed by atoms with Crippen LogP contribution in [0.4, 0.5) is 0 Å². The Bertz CT molecular complexity index is 912. The SMILES string of the molecule is O=c1cc([O-])n(Cc2ccccc2)c(=O)n1Cc1ccccc1. The van der Waals surface area contributed by atoms with Crippen molar-refractivity contribution in [3.05, 3.63) is 98.7 Å². The highest BCUT2D eigenvalue weighted by molar-refractivity contribution is 5.19. The summed E-state index contributed by atoms with van der Waals surface area (Å²) in [6.07, 6.45) is 0. The topological polar surface area (TPSA) is 67.1 Å². The monoisotopic (exact) mass is 307 g/mol. The zero-order valence-electron chi connectivity index (χ0n) is 12.4. The maximum Gasteiger partial charge on any atom is 0.331 e. The van der Waals surface area contributed by atoms with Gasteiger partial charge in [0.05, 0.1) is 13.1 Å². The van der Waals surface area contributed by atoms with Crippen LogP contribution in [0.15, 0.2) is 76.3 Å². The second-order valence-electron chi connectivity index (χ2n) is 5.25. The first-order valence-electron chi connectivity index (χ1n) is 7.25. The molecule has 0 radical (unpaired) electrons. The van der Waals surface area contributed by atoms with E-state index in [9.17, 15) is 14.7 Å². The van der Waals surface area contributed by atoms with Crippen molar-refractivity contribution in [3.8, 4) is 5.88 Å². The molecule has 0 spiro atoms. The summed E-state index contributed by atoms with van der Waals surface area (Å²) in [5, 5.41) is 12.0. The van der Waals surface area contributed by atoms with Gasteiger partial charge >= 0.3 is 5.69 Å². The number of benzene rings is 2. The van der Waals surface area contributed by atoms with Crippen molar-refractivity contribution in [2.75, 3.05) is 0 Å². The first kappa shape index (κ1) is 14.8. The molecular weight excluding hydrogens is 292 g/mol. The predicted octanol–water partition coefficient (Wildman–Crippen LogP) is 1.18. The van der Waals surface area contributed by atoms with Gasteiger partial charge in [-0.3, -0.25) is 9.36 Å². The van der Waals surface area contributed by atoms with Crippen molar-refractivity contribution in [1.82, 2.24) is 9.13 Å². The largest absolute Gasteiger partial charge is 0.860 e. The first-order valence-corrected chi connectivity index (χ1v) is 7.25. The smallest absolute Gasteiger partial charge is 0.331 e. The Morgan fingerprint density at radius 1 is 0.739 bits per heavy atom. The van der Waals surface area contributed by atoms with Gasteiger partial charge in [0.1, 0.15) is 0 Å². The molecule has 5 heteroatoms. The molecule has 0 fully saturated rings. The van der Waals surface area contributed by atoms with Gasteiger partial charge in [0.15, 0.2) is 0 Å². The van der Waals surface area contributed by atoms with Crippen LogP contribution in [-0.2, 0) is 13.1 Å². The summed E-state index contributed by atoms with van der Waals surface area (Å²) in [4.78, 5) is 24.6. The summed E-state index contributed by atoms with van der Waals surface area (Å²) in [6, 6.07) is 19.4. The van der Waals surface area contributed by atoms with Crippen molar-refractivity contribution in [2.45, 2.75) is 13.1 Å². The minimum Gasteiger partial charge on any atom is -0.860 e. The van der Waals surface area contributed by atoms with Crippen LogP contribution in [0.5, 0.6) is 5.88 Å². The van der Waals surface area contributed by atoms with Gasteiger partial charge < -0.3 is 9.67 Å². The van der Waals surface area contributed by atoms with Crippen LogP contribution < -0.4 is 16.4 Å². The summed E-state index contributed by atoms with van der Waals surface area (Å²) >= 11 is 0. The third kappa shape index (κ3) is 3.23. The molecule has 0 aliphatic carbocycles. The van der Waals surface area contributed by atoms with E-state index in [1.165, 1.54) is 0 Å². The van der Waals surface area contributed by atoms with Gasteiger partial charge in [0, 0.05) is 6.07 Å². The van der Waals surface area contributed by atoms with Crippen molar-refractivity contribution in [3.63, 3.8) is 0 Å². The molecule has 0 amide bonds. The molecule has 0 saturated carbocycles. The fraction of sp³-hybridized carbons (Fsp3) is 0.111. The third-order valence-corrected chi connectivity index (χ3v) is 3.61. The zero-order chi connectivity index (χ0) is 16.2. The van der Waals surface area contributed by atoms with Crippen molar-refractivity contribution in [2.24, 2.45) is 0 Å². The van der Waals surface area contributed by atoms with Crippen LogP contribution in [0.25, 0.3) is 0 Å². The van der Waals surface area contributed by atoms with Gasteiger partial charge in [-0.25, -0.2) is 4.79 Å². The summed E-state index contributed by atoms with van der Waals surface area (Å²) in [6.45, 7) is 0.293. The Morgan fingerprint density at radius 2 is 1.22 bits per heavy atom. The van der Waals surface area contributed by atoms with E-state index in [4.69, 9.17) is 0 Å². The molecule has 0 saturated heterocycles. The first-order chi connectivity index (χ1) is 11.1. The van der Waals surface area contributed by atoms with Gasteiger partial charge in [-0.2, -0.15) is 0 Å². The van der Waals surface area contributed by atoms with Gasteiger partial charge in [-0.05, 0) is 17.0 Å². The molecule has 1 aromatic heterocycles. The average Bonchev–Trinajstić information content (AvgIpc) is 2.57. The van der Waals surface area contributed by atoms with Gasteiger partial charge in [-0.1, -0.05) is 60.7 Å². The van der Waals surface area contributed by atoms with Crippen LogP contribution >= 0.6 is 0 Å². The van der Waals surface area contributed by atoms with Crippen LogP contribution in [-0.4, -0.2) is 9.13 Å². The van der Waals surface area contributed by atoms with Gasteiger partial charge in [0.2, 0.25) is 0 Å². The fourth-order valence-corrected chi connectivity index (χ4v) is 2.42. The van der Waals surface area contributed by atoms with Crippen LogP contribution in [0.1, 0.15) is 11.1 Å². The molecule has 0 atom stereocenters.